The second-order valence-electron chi connectivity index (χ2n) is 8.42. The molecule has 0 aromatic heterocycles. The van der Waals surface area contributed by atoms with Gasteiger partial charge in [-0.25, -0.2) is 9.59 Å². The minimum absolute atomic E-state index is 0.301. The molecule has 7 heteroatoms. The maximum absolute atomic E-state index is 12.3. The third-order valence-corrected chi connectivity index (χ3v) is 5.68. The minimum Gasteiger partial charge on any atom is -0.493 e. The van der Waals surface area contributed by atoms with Crippen LogP contribution in [-0.4, -0.2) is 26.5 Å². The van der Waals surface area contributed by atoms with E-state index < -0.39 is 12.3 Å². The molecule has 0 aliphatic heterocycles. The molecular formula is C28H30O7. The Morgan fingerprint density at radius 2 is 1.26 bits per heavy atom. The molecule has 0 aliphatic rings. The lowest BCUT2D eigenvalue weighted by molar-refractivity contribution is 0.121. The number of ether oxygens (including phenoxy) is 5. The van der Waals surface area contributed by atoms with E-state index in [1.165, 1.54) is 14.2 Å². The van der Waals surface area contributed by atoms with Crippen LogP contribution in [0.1, 0.15) is 43.9 Å². The van der Waals surface area contributed by atoms with Crippen molar-refractivity contribution >= 4 is 12.3 Å². The van der Waals surface area contributed by atoms with E-state index in [1.54, 1.807) is 30.3 Å². The molecule has 0 spiro atoms. The fourth-order valence-corrected chi connectivity index (χ4v) is 3.63. The van der Waals surface area contributed by atoms with Crippen LogP contribution < -0.4 is 18.9 Å². The Labute approximate surface area is 205 Å². The topological polar surface area (TPSA) is 80.3 Å². The highest BCUT2D eigenvalue weighted by molar-refractivity contribution is 5.68. The molecule has 3 rings (SSSR count). The van der Waals surface area contributed by atoms with E-state index >= 15 is 0 Å². The van der Waals surface area contributed by atoms with Gasteiger partial charge in [0.05, 0.1) is 14.2 Å². The van der Waals surface area contributed by atoms with Gasteiger partial charge in [0.25, 0.3) is 0 Å². The van der Waals surface area contributed by atoms with Gasteiger partial charge in [0.15, 0.2) is 11.5 Å². The summed E-state index contributed by atoms with van der Waals surface area (Å²) >= 11 is 0. The number of carbonyl (C=O) groups is 2. The van der Waals surface area contributed by atoms with Gasteiger partial charge in [0.1, 0.15) is 11.5 Å². The van der Waals surface area contributed by atoms with E-state index in [0.717, 1.165) is 29.5 Å². The lowest BCUT2D eigenvalue weighted by atomic mass is 9.78. The predicted octanol–water partition coefficient (Wildman–Crippen LogP) is 6.70. The van der Waals surface area contributed by atoms with Crippen molar-refractivity contribution in [2.24, 2.45) is 0 Å². The van der Waals surface area contributed by atoms with Crippen LogP contribution in [0.2, 0.25) is 0 Å². The smallest absolute Gasteiger partial charge is 0.493 e. The molecule has 0 N–H and O–H groups in total. The SMILES string of the molecule is CCCc1ccc(OC(=O)Oc2ccc(C(C)(C)c3ccc(OC(=O)OC)cc3)cc2)c(OC)c1. The number of hydrogen-bond donors (Lipinski definition) is 0. The molecule has 0 atom stereocenters. The second-order valence-corrected chi connectivity index (χ2v) is 8.42. The quantitative estimate of drug-likeness (QED) is 0.263. The highest BCUT2D eigenvalue weighted by Crippen LogP contribution is 2.34. The zero-order valence-corrected chi connectivity index (χ0v) is 20.6. The molecule has 0 bridgehead atoms. The molecule has 0 amide bonds. The Morgan fingerprint density at radius 1 is 0.714 bits per heavy atom. The van der Waals surface area contributed by atoms with Gasteiger partial charge in [-0.1, -0.05) is 57.5 Å². The Kier molecular flexibility index (Phi) is 8.36. The van der Waals surface area contributed by atoms with Crippen LogP contribution in [0.5, 0.6) is 23.0 Å². The fourth-order valence-electron chi connectivity index (χ4n) is 3.63. The molecule has 0 aliphatic carbocycles. The highest BCUT2D eigenvalue weighted by Gasteiger charge is 2.23. The molecule has 0 saturated carbocycles. The van der Waals surface area contributed by atoms with Gasteiger partial charge in [-0.2, -0.15) is 0 Å². The average Bonchev–Trinajstić information content (AvgIpc) is 2.85. The lowest BCUT2D eigenvalue weighted by Crippen LogP contribution is -2.19. The molecular weight excluding hydrogens is 448 g/mol. The molecule has 7 nitrogen and oxygen atoms in total. The molecule has 0 fully saturated rings. The molecule has 3 aromatic rings. The summed E-state index contributed by atoms with van der Waals surface area (Å²) in [5, 5.41) is 0. The normalized spacial score (nSPS) is 10.9. The van der Waals surface area contributed by atoms with Crippen molar-refractivity contribution in [2.75, 3.05) is 14.2 Å². The summed E-state index contributed by atoms with van der Waals surface area (Å²) in [5.41, 5.74) is 2.78. The van der Waals surface area contributed by atoms with E-state index in [1.807, 2.05) is 36.4 Å². The van der Waals surface area contributed by atoms with Gasteiger partial charge in [-0.05, 0) is 59.5 Å². The zero-order valence-electron chi connectivity index (χ0n) is 20.6. The Morgan fingerprint density at radius 3 is 1.74 bits per heavy atom. The monoisotopic (exact) mass is 478 g/mol. The Bertz CT molecular complexity index is 1150. The first-order chi connectivity index (χ1) is 16.8. The van der Waals surface area contributed by atoms with Crippen molar-refractivity contribution in [3.05, 3.63) is 83.4 Å². The van der Waals surface area contributed by atoms with Crippen molar-refractivity contribution in [2.45, 2.75) is 39.0 Å². The van der Waals surface area contributed by atoms with Crippen molar-refractivity contribution in [1.82, 2.24) is 0 Å². The first-order valence-electron chi connectivity index (χ1n) is 11.3. The first kappa shape index (κ1) is 25.6. The summed E-state index contributed by atoms with van der Waals surface area (Å²) in [4.78, 5) is 23.6. The van der Waals surface area contributed by atoms with E-state index in [4.69, 9.17) is 18.9 Å². The van der Waals surface area contributed by atoms with E-state index in [0.29, 0.717) is 23.0 Å². The van der Waals surface area contributed by atoms with Crippen molar-refractivity contribution in [3.63, 3.8) is 0 Å². The average molecular weight is 479 g/mol. The number of hydrogen-bond acceptors (Lipinski definition) is 7. The summed E-state index contributed by atoms with van der Waals surface area (Å²) in [6.07, 6.45) is 0.306. The summed E-state index contributed by atoms with van der Waals surface area (Å²) in [5.74, 6) is 1.54. The van der Waals surface area contributed by atoms with Gasteiger partial charge in [0, 0.05) is 5.41 Å². The van der Waals surface area contributed by atoms with Crippen molar-refractivity contribution in [1.29, 1.82) is 0 Å². The minimum atomic E-state index is -0.847. The molecule has 0 saturated heterocycles. The molecule has 35 heavy (non-hydrogen) atoms. The van der Waals surface area contributed by atoms with E-state index in [2.05, 4.69) is 25.5 Å². The van der Waals surface area contributed by atoms with E-state index in [-0.39, 0.29) is 5.41 Å². The molecule has 0 heterocycles. The maximum Gasteiger partial charge on any atom is 0.519 e. The van der Waals surface area contributed by atoms with Gasteiger partial charge in [0.2, 0.25) is 0 Å². The fraction of sp³-hybridized carbons (Fsp3) is 0.286. The van der Waals surface area contributed by atoms with Crippen LogP contribution in [0.3, 0.4) is 0 Å². The standard InChI is InChI=1S/C28H30O7/c1-6-7-19-8-17-24(25(18-19)31-4)35-27(30)34-23-15-11-21(12-16-23)28(2,3)20-9-13-22(14-10-20)33-26(29)32-5/h8-18H,6-7H2,1-5H3. The van der Waals surface area contributed by atoms with Gasteiger partial charge >= 0.3 is 12.3 Å². The number of methoxy groups -OCH3 is 2. The largest absolute Gasteiger partial charge is 0.519 e. The molecule has 3 aromatic carbocycles. The molecule has 0 radical (unpaired) electrons. The van der Waals surface area contributed by atoms with Crippen LogP contribution in [0.25, 0.3) is 0 Å². The third-order valence-electron chi connectivity index (χ3n) is 5.68. The Hall–Kier alpha value is -4.00. The summed E-state index contributed by atoms with van der Waals surface area (Å²) in [6.45, 7) is 6.24. The number of aryl methyl sites for hydroxylation is 1. The lowest BCUT2D eigenvalue weighted by Gasteiger charge is -2.26. The van der Waals surface area contributed by atoms with Gasteiger partial charge in [-0.15, -0.1) is 0 Å². The van der Waals surface area contributed by atoms with Gasteiger partial charge < -0.3 is 23.7 Å². The number of rotatable bonds is 8. The van der Waals surface area contributed by atoms with Crippen molar-refractivity contribution in [3.8, 4) is 23.0 Å². The molecule has 184 valence electrons. The van der Waals surface area contributed by atoms with Crippen LogP contribution in [-0.2, 0) is 16.6 Å². The van der Waals surface area contributed by atoms with Crippen LogP contribution in [0.15, 0.2) is 66.7 Å². The highest BCUT2D eigenvalue weighted by atomic mass is 16.7. The summed E-state index contributed by atoms with van der Waals surface area (Å²) in [6, 6.07) is 19.9. The third kappa shape index (κ3) is 6.53. The summed E-state index contributed by atoms with van der Waals surface area (Å²) in [7, 11) is 2.79. The Balaban J connectivity index is 1.66. The van der Waals surface area contributed by atoms with Crippen LogP contribution >= 0.6 is 0 Å². The van der Waals surface area contributed by atoms with Crippen LogP contribution in [0, 0.1) is 0 Å². The van der Waals surface area contributed by atoms with Gasteiger partial charge in [-0.3, -0.25) is 0 Å². The molecule has 0 unspecified atom stereocenters. The number of benzene rings is 3. The summed E-state index contributed by atoms with van der Waals surface area (Å²) < 4.78 is 25.6. The number of carbonyl (C=O) groups excluding carboxylic acids is 2. The second kappa shape index (κ2) is 11.4. The zero-order chi connectivity index (χ0) is 25.4. The maximum atomic E-state index is 12.3. The van der Waals surface area contributed by atoms with Crippen molar-refractivity contribution < 1.29 is 33.3 Å². The van der Waals surface area contributed by atoms with E-state index in [9.17, 15) is 9.59 Å². The van der Waals surface area contributed by atoms with Crippen LogP contribution in [0.4, 0.5) is 9.59 Å². The first-order valence-corrected chi connectivity index (χ1v) is 11.3. The predicted molar refractivity (Wildman–Crippen MR) is 132 cm³/mol.